The van der Waals surface area contributed by atoms with Crippen LogP contribution in [-0.4, -0.2) is 53.1 Å². The summed E-state index contributed by atoms with van der Waals surface area (Å²) < 4.78 is 0. The van der Waals surface area contributed by atoms with Crippen molar-refractivity contribution in [3.05, 3.63) is 39.3 Å². The lowest BCUT2D eigenvalue weighted by atomic mass is 10.1. The van der Waals surface area contributed by atoms with Crippen LogP contribution in [0, 0.1) is 0 Å². The molecule has 1 aliphatic rings. The van der Waals surface area contributed by atoms with Crippen LogP contribution in [0.1, 0.15) is 10.4 Å². The highest BCUT2D eigenvalue weighted by Crippen LogP contribution is 2.30. The summed E-state index contributed by atoms with van der Waals surface area (Å²) in [7, 11) is 2.12. The highest BCUT2D eigenvalue weighted by atomic mass is 35.5. The van der Waals surface area contributed by atoms with Gasteiger partial charge in [-0.2, -0.15) is 4.98 Å². The van der Waals surface area contributed by atoms with Crippen molar-refractivity contribution in [1.29, 1.82) is 0 Å². The number of rotatable bonds is 4. The molecule has 136 valence electrons. The minimum absolute atomic E-state index is 0.481. The Balaban J connectivity index is 1.68. The molecule has 1 fully saturated rings. The molecule has 1 aliphatic heterocycles. The van der Waals surface area contributed by atoms with Crippen molar-refractivity contribution in [2.24, 2.45) is 0 Å². The average Bonchev–Trinajstić information content (AvgIpc) is 3.15. The second-order valence-electron chi connectivity index (χ2n) is 6.57. The Morgan fingerprint density at radius 3 is 2.73 bits per heavy atom. The number of halogens is 1. The Kier molecular flexibility index (Phi) is 4.93. The van der Waals surface area contributed by atoms with Crippen LogP contribution in [0.5, 0.6) is 0 Å². The average molecular weight is 389 g/mol. The van der Waals surface area contributed by atoms with Gasteiger partial charge in [-0.3, -0.25) is 0 Å². The van der Waals surface area contributed by atoms with Gasteiger partial charge in [0.05, 0.1) is 17.1 Å². The molecule has 8 heteroatoms. The van der Waals surface area contributed by atoms with Crippen LogP contribution in [0.4, 0.5) is 11.8 Å². The SMILES string of the molecule is CN1CCN(c2nc(N)c3c(CCc4cccs4)c(Cl)ncc3n2)CC1. The molecular formula is C18H21ClN6S. The first kappa shape index (κ1) is 17.5. The van der Waals surface area contributed by atoms with E-state index in [2.05, 4.69) is 44.3 Å². The number of anilines is 2. The molecule has 0 spiro atoms. The molecule has 0 aliphatic carbocycles. The fourth-order valence-corrected chi connectivity index (χ4v) is 4.21. The third kappa shape index (κ3) is 3.47. The van der Waals surface area contributed by atoms with Gasteiger partial charge in [0.15, 0.2) is 0 Å². The lowest BCUT2D eigenvalue weighted by Crippen LogP contribution is -2.45. The summed E-state index contributed by atoms with van der Waals surface area (Å²) in [6.07, 6.45) is 3.37. The number of piperazine rings is 1. The van der Waals surface area contributed by atoms with E-state index in [0.29, 0.717) is 16.9 Å². The minimum Gasteiger partial charge on any atom is -0.383 e. The first-order chi connectivity index (χ1) is 12.6. The molecule has 6 nitrogen and oxygen atoms in total. The molecule has 0 saturated carbocycles. The zero-order valence-electron chi connectivity index (χ0n) is 14.7. The van der Waals surface area contributed by atoms with E-state index in [1.807, 2.05) is 0 Å². The topological polar surface area (TPSA) is 71.2 Å². The van der Waals surface area contributed by atoms with Crippen molar-refractivity contribution in [2.45, 2.75) is 12.8 Å². The van der Waals surface area contributed by atoms with Crippen LogP contribution in [0.15, 0.2) is 23.7 Å². The second-order valence-corrected chi connectivity index (χ2v) is 7.96. The molecule has 0 atom stereocenters. The van der Waals surface area contributed by atoms with Crippen LogP contribution in [0.3, 0.4) is 0 Å². The van der Waals surface area contributed by atoms with Crippen LogP contribution < -0.4 is 10.6 Å². The van der Waals surface area contributed by atoms with Crippen molar-refractivity contribution in [3.8, 4) is 0 Å². The van der Waals surface area contributed by atoms with E-state index in [9.17, 15) is 0 Å². The van der Waals surface area contributed by atoms with Gasteiger partial charge in [-0.25, -0.2) is 9.97 Å². The van der Waals surface area contributed by atoms with Crippen molar-refractivity contribution >= 4 is 45.6 Å². The molecule has 0 amide bonds. The van der Waals surface area contributed by atoms with Gasteiger partial charge in [0, 0.05) is 36.6 Å². The van der Waals surface area contributed by atoms with Gasteiger partial charge in [0.25, 0.3) is 0 Å². The molecule has 0 aromatic carbocycles. The Morgan fingerprint density at radius 1 is 1.19 bits per heavy atom. The minimum atomic E-state index is 0.481. The predicted molar refractivity (Wildman–Crippen MR) is 108 cm³/mol. The lowest BCUT2D eigenvalue weighted by molar-refractivity contribution is 0.311. The summed E-state index contributed by atoms with van der Waals surface area (Å²) in [5, 5.41) is 3.40. The number of likely N-dealkylation sites (N-methyl/N-ethyl adjacent to an activating group) is 1. The monoisotopic (exact) mass is 388 g/mol. The van der Waals surface area contributed by atoms with E-state index in [1.165, 1.54) is 4.88 Å². The molecule has 4 heterocycles. The number of fused-ring (bicyclic) bond motifs is 1. The Morgan fingerprint density at radius 2 is 2.00 bits per heavy atom. The smallest absolute Gasteiger partial charge is 0.228 e. The van der Waals surface area contributed by atoms with E-state index in [1.54, 1.807) is 17.5 Å². The van der Waals surface area contributed by atoms with Gasteiger partial charge in [-0.05, 0) is 31.3 Å². The maximum Gasteiger partial charge on any atom is 0.228 e. The molecule has 26 heavy (non-hydrogen) atoms. The molecular weight excluding hydrogens is 368 g/mol. The van der Waals surface area contributed by atoms with Crippen LogP contribution in [0.2, 0.25) is 5.15 Å². The Bertz CT molecular complexity index is 906. The number of nitrogens with two attached hydrogens (primary N) is 1. The largest absolute Gasteiger partial charge is 0.383 e. The predicted octanol–water partition coefficient (Wildman–Crippen LogP) is 2.86. The number of hydrogen-bond acceptors (Lipinski definition) is 7. The third-order valence-corrected chi connectivity index (χ3v) is 6.05. The van der Waals surface area contributed by atoms with Gasteiger partial charge in [-0.1, -0.05) is 17.7 Å². The molecule has 1 saturated heterocycles. The first-order valence-electron chi connectivity index (χ1n) is 8.68. The van der Waals surface area contributed by atoms with Crippen molar-refractivity contribution < 1.29 is 0 Å². The van der Waals surface area contributed by atoms with Gasteiger partial charge in [0.1, 0.15) is 11.0 Å². The number of thiophene rings is 1. The number of aromatic nitrogens is 3. The Hall–Kier alpha value is -1.96. The molecule has 2 N–H and O–H groups in total. The van der Waals surface area contributed by atoms with Crippen LogP contribution in [-0.2, 0) is 12.8 Å². The van der Waals surface area contributed by atoms with Crippen molar-refractivity contribution in [3.63, 3.8) is 0 Å². The number of nitrogens with zero attached hydrogens (tertiary/aromatic N) is 5. The fourth-order valence-electron chi connectivity index (χ4n) is 3.26. The third-order valence-electron chi connectivity index (χ3n) is 4.79. The zero-order valence-corrected chi connectivity index (χ0v) is 16.2. The van der Waals surface area contributed by atoms with Crippen LogP contribution >= 0.6 is 22.9 Å². The van der Waals surface area contributed by atoms with E-state index < -0.39 is 0 Å². The van der Waals surface area contributed by atoms with Crippen molar-refractivity contribution in [2.75, 3.05) is 43.9 Å². The molecule has 0 unspecified atom stereocenters. The lowest BCUT2D eigenvalue weighted by Gasteiger charge is -2.32. The van der Waals surface area contributed by atoms with Crippen molar-refractivity contribution in [1.82, 2.24) is 19.9 Å². The fraction of sp³-hybridized carbons (Fsp3) is 0.389. The number of pyridine rings is 1. The summed E-state index contributed by atoms with van der Waals surface area (Å²) in [6.45, 7) is 3.78. The number of aryl methyl sites for hydroxylation is 2. The van der Waals surface area contributed by atoms with E-state index in [0.717, 1.165) is 55.5 Å². The zero-order chi connectivity index (χ0) is 18.1. The first-order valence-corrected chi connectivity index (χ1v) is 9.94. The standard InChI is InChI=1S/C18H21ClN6S/c1-24-6-8-25(9-7-24)18-22-14-11-21-16(19)13(15(14)17(20)23-18)5-4-12-3-2-10-26-12/h2-3,10-11H,4-9H2,1H3,(H2,20,22,23). The maximum atomic E-state index is 6.39. The maximum absolute atomic E-state index is 6.39. The van der Waals surface area contributed by atoms with E-state index >= 15 is 0 Å². The quantitative estimate of drug-likeness (QED) is 0.693. The van der Waals surface area contributed by atoms with Gasteiger partial charge in [0.2, 0.25) is 5.95 Å². The second kappa shape index (κ2) is 7.34. The molecule has 3 aromatic rings. The summed E-state index contributed by atoms with van der Waals surface area (Å²) in [5.41, 5.74) is 8.03. The van der Waals surface area contributed by atoms with Gasteiger partial charge < -0.3 is 15.5 Å². The molecule has 4 rings (SSSR count). The normalized spacial score (nSPS) is 15.7. The highest BCUT2D eigenvalue weighted by molar-refractivity contribution is 7.09. The molecule has 3 aromatic heterocycles. The summed E-state index contributed by atoms with van der Waals surface area (Å²) in [5.74, 6) is 1.16. The molecule has 0 radical (unpaired) electrons. The van der Waals surface area contributed by atoms with E-state index in [-0.39, 0.29) is 0 Å². The summed E-state index contributed by atoms with van der Waals surface area (Å²) in [6, 6.07) is 4.19. The summed E-state index contributed by atoms with van der Waals surface area (Å²) in [4.78, 5) is 19.4. The van der Waals surface area contributed by atoms with Crippen LogP contribution in [0.25, 0.3) is 10.9 Å². The summed E-state index contributed by atoms with van der Waals surface area (Å²) >= 11 is 8.13. The van der Waals surface area contributed by atoms with Gasteiger partial charge in [-0.15, -0.1) is 11.3 Å². The van der Waals surface area contributed by atoms with E-state index in [4.69, 9.17) is 22.3 Å². The number of nitrogen functional groups attached to an aromatic ring is 1. The highest BCUT2D eigenvalue weighted by Gasteiger charge is 2.20. The Labute approximate surface area is 161 Å². The van der Waals surface area contributed by atoms with Gasteiger partial charge >= 0.3 is 0 Å². The number of hydrogen-bond donors (Lipinski definition) is 1. The molecule has 0 bridgehead atoms.